The smallest absolute Gasteiger partial charge is 0.169 e. The second-order valence-corrected chi connectivity index (χ2v) is 5.46. The number of epoxide rings is 1. The predicted molar refractivity (Wildman–Crippen MR) is 55.6 cm³/mol. The van der Waals surface area contributed by atoms with E-state index in [1.807, 2.05) is 6.92 Å². The molecule has 3 fully saturated rings. The van der Waals surface area contributed by atoms with Crippen LogP contribution in [0.3, 0.4) is 0 Å². The van der Waals surface area contributed by atoms with Gasteiger partial charge in [-0.15, -0.1) is 0 Å². The predicted octanol–water partition coefficient (Wildman–Crippen LogP) is 1.12. The summed E-state index contributed by atoms with van der Waals surface area (Å²) >= 11 is 0. The van der Waals surface area contributed by atoms with Crippen LogP contribution in [0.4, 0.5) is 0 Å². The van der Waals surface area contributed by atoms with Gasteiger partial charge in [0, 0.05) is 12.3 Å². The van der Waals surface area contributed by atoms with Gasteiger partial charge in [0.25, 0.3) is 0 Å². The molecule has 3 heteroatoms. The third kappa shape index (κ3) is 0.698. The van der Waals surface area contributed by atoms with Crippen LogP contribution in [0.5, 0.6) is 0 Å². The number of ketones is 2. The van der Waals surface area contributed by atoms with E-state index in [4.69, 9.17) is 4.74 Å². The van der Waals surface area contributed by atoms with Crippen molar-refractivity contribution in [2.24, 2.45) is 23.2 Å². The van der Waals surface area contributed by atoms with Gasteiger partial charge in [-0.2, -0.15) is 0 Å². The Hall–Kier alpha value is -0.960. The molecule has 0 aromatic heterocycles. The van der Waals surface area contributed by atoms with Crippen LogP contribution in [-0.4, -0.2) is 23.8 Å². The first-order valence-corrected chi connectivity index (χ1v) is 6.12. The second-order valence-electron chi connectivity index (χ2n) is 5.46. The summed E-state index contributed by atoms with van der Waals surface area (Å²) in [4.78, 5) is 24.5. The van der Waals surface area contributed by atoms with Crippen molar-refractivity contribution in [1.82, 2.24) is 0 Å². The van der Waals surface area contributed by atoms with Crippen LogP contribution >= 0.6 is 0 Å². The fraction of sp³-hybridized carbons (Fsp3) is 0.692. The van der Waals surface area contributed by atoms with Crippen LogP contribution in [0.1, 0.15) is 19.8 Å². The van der Waals surface area contributed by atoms with Gasteiger partial charge < -0.3 is 4.74 Å². The first kappa shape index (κ1) is 9.11. The Morgan fingerprint density at radius 3 is 3.12 bits per heavy atom. The van der Waals surface area contributed by atoms with Crippen molar-refractivity contribution >= 4 is 11.6 Å². The molecule has 84 valence electrons. The molecule has 0 aromatic carbocycles. The zero-order valence-corrected chi connectivity index (χ0v) is 9.18. The summed E-state index contributed by atoms with van der Waals surface area (Å²) in [5.74, 6) is 0.954. The van der Waals surface area contributed by atoms with E-state index in [1.54, 1.807) is 0 Å². The molecule has 16 heavy (non-hydrogen) atoms. The van der Waals surface area contributed by atoms with E-state index < -0.39 is 5.41 Å². The number of carbonyl (C=O) groups is 2. The molecule has 3 nitrogen and oxygen atoms in total. The summed E-state index contributed by atoms with van der Waals surface area (Å²) in [6, 6.07) is 0. The zero-order chi connectivity index (χ0) is 11.1. The third-order valence-corrected chi connectivity index (χ3v) is 5.03. The second kappa shape index (κ2) is 2.48. The summed E-state index contributed by atoms with van der Waals surface area (Å²) < 4.78 is 5.45. The Morgan fingerprint density at radius 2 is 2.38 bits per heavy atom. The van der Waals surface area contributed by atoms with Crippen molar-refractivity contribution in [3.63, 3.8) is 0 Å². The topological polar surface area (TPSA) is 46.7 Å². The Morgan fingerprint density at radius 1 is 1.56 bits per heavy atom. The van der Waals surface area contributed by atoms with Gasteiger partial charge in [0.1, 0.15) is 18.0 Å². The largest absolute Gasteiger partial charge is 0.360 e. The number of hydrogen-bond donors (Lipinski definition) is 0. The molecule has 0 aromatic rings. The molecule has 2 bridgehead atoms. The average molecular weight is 218 g/mol. The minimum absolute atomic E-state index is 0.0568. The van der Waals surface area contributed by atoms with Crippen molar-refractivity contribution < 1.29 is 14.3 Å². The van der Waals surface area contributed by atoms with E-state index in [1.165, 1.54) is 0 Å². The molecule has 1 aliphatic heterocycles. The summed E-state index contributed by atoms with van der Waals surface area (Å²) in [7, 11) is 0. The van der Waals surface area contributed by atoms with E-state index in [-0.39, 0.29) is 35.6 Å². The number of allylic oxidation sites excluding steroid dienone is 2. The van der Waals surface area contributed by atoms with Gasteiger partial charge in [-0.25, -0.2) is 0 Å². The normalized spacial score (nSPS) is 55.3. The zero-order valence-electron chi connectivity index (χ0n) is 9.18. The highest BCUT2D eigenvalue weighted by Gasteiger charge is 2.79. The van der Waals surface area contributed by atoms with Crippen LogP contribution in [0.2, 0.25) is 0 Å². The summed E-state index contributed by atoms with van der Waals surface area (Å²) in [6.45, 7) is 1.89. The molecule has 0 amide bonds. The van der Waals surface area contributed by atoms with Crippen molar-refractivity contribution in [1.29, 1.82) is 0 Å². The van der Waals surface area contributed by atoms with Gasteiger partial charge in [0.15, 0.2) is 5.78 Å². The van der Waals surface area contributed by atoms with Crippen molar-refractivity contribution in [3.05, 3.63) is 12.2 Å². The Bertz CT molecular complexity index is 438. The highest BCUT2D eigenvalue weighted by atomic mass is 16.6. The summed E-state index contributed by atoms with van der Waals surface area (Å²) in [5, 5.41) is 0. The Labute approximate surface area is 93.8 Å². The molecule has 6 unspecified atom stereocenters. The molecule has 4 aliphatic rings. The van der Waals surface area contributed by atoms with Gasteiger partial charge in [-0.1, -0.05) is 19.1 Å². The summed E-state index contributed by atoms with van der Waals surface area (Å²) in [5.41, 5.74) is -0.462. The number of fused-ring (bicyclic) bond motifs is 7. The van der Waals surface area contributed by atoms with Crippen LogP contribution in [-0.2, 0) is 14.3 Å². The highest BCUT2D eigenvalue weighted by molar-refractivity contribution is 6.03. The molecule has 1 saturated heterocycles. The first-order valence-electron chi connectivity index (χ1n) is 6.12. The van der Waals surface area contributed by atoms with Crippen molar-refractivity contribution in [2.45, 2.75) is 32.0 Å². The molecular weight excluding hydrogens is 204 g/mol. The lowest BCUT2D eigenvalue weighted by molar-refractivity contribution is -0.141. The van der Waals surface area contributed by atoms with E-state index in [2.05, 4.69) is 12.2 Å². The number of hydrogen-bond acceptors (Lipinski definition) is 3. The lowest BCUT2D eigenvalue weighted by Crippen LogP contribution is -2.45. The molecule has 0 radical (unpaired) electrons. The maximum atomic E-state index is 12.3. The van der Waals surface area contributed by atoms with E-state index in [9.17, 15) is 9.59 Å². The SMILES string of the molecule is CCC(=O)C12C3C=CC(C3)C1C(=O)C1OC12. The lowest BCUT2D eigenvalue weighted by atomic mass is 9.66. The third-order valence-electron chi connectivity index (χ3n) is 5.03. The maximum Gasteiger partial charge on any atom is 0.169 e. The van der Waals surface area contributed by atoms with Gasteiger partial charge in [-0.3, -0.25) is 9.59 Å². The Kier molecular flexibility index (Phi) is 1.41. The van der Waals surface area contributed by atoms with Gasteiger partial charge >= 0.3 is 0 Å². The van der Waals surface area contributed by atoms with Crippen LogP contribution < -0.4 is 0 Å². The van der Waals surface area contributed by atoms with E-state index in [0.717, 1.165) is 6.42 Å². The monoisotopic (exact) mass is 218 g/mol. The average Bonchev–Trinajstić information content (AvgIpc) is 2.73. The fourth-order valence-corrected chi connectivity index (χ4v) is 4.46. The molecular formula is C13H14O3. The molecule has 4 rings (SSSR count). The highest BCUT2D eigenvalue weighted by Crippen LogP contribution is 2.68. The first-order chi connectivity index (χ1) is 7.71. The molecule has 6 atom stereocenters. The standard InChI is InChI=1S/C13H14O3/c1-2-8(14)13-7-4-3-6(5-7)9(13)10(15)11-12(13)16-11/h3-4,6-7,9,11-12H,2,5H2,1H3. The Balaban J connectivity index is 1.90. The number of ether oxygens (including phenoxy) is 1. The summed E-state index contributed by atoms with van der Waals surface area (Å²) in [6.07, 6.45) is 5.45. The molecule has 2 saturated carbocycles. The molecule has 3 aliphatic carbocycles. The van der Waals surface area contributed by atoms with Crippen molar-refractivity contribution in [3.8, 4) is 0 Å². The number of carbonyl (C=O) groups excluding carboxylic acids is 2. The molecule has 1 heterocycles. The minimum Gasteiger partial charge on any atom is -0.360 e. The van der Waals surface area contributed by atoms with E-state index in [0.29, 0.717) is 12.3 Å². The fourth-order valence-electron chi connectivity index (χ4n) is 4.46. The molecule has 0 spiro atoms. The van der Waals surface area contributed by atoms with Gasteiger partial charge in [0.05, 0.1) is 5.41 Å². The van der Waals surface area contributed by atoms with E-state index >= 15 is 0 Å². The maximum absolute atomic E-state index is 12.3. The van der Waals surface area contributed by atoms with Crippen LogP contribution in [0.15, 0.2) is 12.2 Å². The number of rotatable bonds is 2. The molecule has 0 N–H and O–H groups in total. The van der Waals surface area contributed by atoms with Gasteiger partial charge in [-0.05, 0) is 18.3 Å². The van der Waals surface area contributed by atoms with Gasteiger partial charge in [0.2, 0.25) is 0 Å². The quantitative estimate of drug-likeness (QED) is 0.515. The van der Waals surface area contributed by atoms with Crippen LogP contribution in [0.25, 0.3) is 0 Å². The number of Topliss-reactive ketones (excluding diaryl/α,β-unsaturated/α-hetero) is 2. The van der Waals surface area contributed by atoms with Crippen LogP contribution in [0, 0.1) is 23.2 Å². The van der Waals surface area contributed by atoms with Crippen molar-refractivity contribution in [2.75, 3.05) is 0 Å². The lowest BCUT2D eigenvalue weighted by Gasteiger charge is -2.35. The minimum atomic E-state index is -0.462.